The van der Waals surface area contributed by atoms with Gasteiger partial charge in [-0.2, -0.15) is 0 Å². The maximum absolute atomic E-state index is 13.1. The SMILES string of the molecule is NCC(C(=O)Nc1ccc2cnccc2c1)c1ccc(COC(=O)CCCC=CC[C@@H]2[C@@H](CC[C@@H](O)CCc3ccccc3)[C@H](O)C[C@@H]2O)cc1. The number of carbonyl (C=O) groups excluding carboxylic acids is 2. The highest BCUT2D eigenvalue weighted by Gasteiger charge is 2.40. The molecule has 9 heteroatoms. The van der Waals surface area contributed by atoms with Crippen molar-refractivity contribution in [1.82, 2.24) is 4.98 Å². The number of unbranched alkanes of at least 4 members (excludes halogenated alkanes) is 1. The molecule has 1 unspecified atom stereocenters. The van der Waals surface area contributed by atoms with E-state index < -0.39 is 24.2 Å². The fourth-order valence-electron chi connectivity index (χ4n) is 7.02. The van der Waals surface area contributed by atoms with Crippen LogP contribution in [-0.4, -0.2) is 57.0 Å². The molecule has 0 saturated heterocycles. The molecule has 3 aromatic carbocycles. The zero-order valence-electron chi connectivity index (χ0n) is 29.1. The lowest BCUT2D eigenvalue weighted by atomic mass is 9.85. The van der Waals surface area contributed by atoms with E-state index in [2.05, 4.69) is 22.4 Å². The second-order valence-corrected chi connectivity index (χ2v) is 13.7. The molecule has 5 rings (SSSR count). The van der Waals surface area contributed by atoms with Crippen LogP contribution in [-0.2, 0) is 27.4 Å². The Kier molecular flexibility index (Phi) is 14.3. The molecule has 6 atom stereocenters. The van der Waals surface area contributed by atoms with Crippen molar-refractivity contribution in [3.63, 3.8) is 0 Å². The first-order valence-electron chi connectivity index (χ1n) is 18.1. The molecular formula is C42H51N3O6. The fourth-order valence-corrected chi connectivity index (χ4v) is 7.02. The third-order valence-corrected chi connectivity index (χ3v) is 10.0. The van der Waals surface area contributed by atoms with Crippen LogP contribution in [0.5, 0.6) is 0 Å². The van der Waals surface area contributed by atoms with Crippen molar-refractivity contribution in [2.24, 2.45) is 17.6 Å². The van der Waals surface area contributed by atoms with Gasteiger partial charge in [-0.15, -0.1) is 0 Å². The number of aryl methyl sites for hydroxylation is 1. The summed E-state index contributed by atoms with van der Waals surface area (Å²) in [5, 5.41) is 36.7. The highest BCUT2D eigenvalue weighted by molar-refractivity contribution is 5.98. The summed E-state index contributed by atoms with van der Waals surface area (Å²) in [7, 11) is 0. The van der Waals surface area contributed by atoms with Gasteiger partial charge >= 0.3 is 5.97 Å². The molecule has 1 aromatic heterocycles. The van der Waals surface area contributed by atoms with E-state index in [1.807, 2.05) is 78.9 Å². The van der Waals surface area contributed by atoms with Gasteiger partial charge in [0.25, 0.3) is 0 Å². The number of fused-ring (bicyclic) bond motifs is 1. The molecule has 1 saturated carbocycles. The van der Waals surface area contributed by atoms with Crippen LogP contribution in [0.4, 0.5) is 5.69 Å². The van der Waals surface area contributed by atoms with Crippen LogP contribution in [0.3, 0.4) is 0 Å². The van der Waals surface area contributed by atoms with Crippen molar-refractivity contribution < 1.29 is 29.6 Å². The smallest absolute Gasteiger partial charge is 0.306 e. The van der Waals surface area contributed by atoms with E-state index in [-0.39, 0.29) is 43.3 Å². The predicted molar refractivity (Wildman–Crippen MR) is 200 cm³/mol. The average Bonchev–Trinajstić information content (AvgIpc) is 3.42. The molecule has 51 heavy (non-hydrogen) atoms. The molecule has 0 spiro atoms. The first-order valence-corrected chi connectivity index (χ1v) is 18.1. The minimum atomic E-state index is -0.563. The number of ether oxygens (including phenoxy) is 1. The summed E-state index contributed by atoms with van der Waals surface area (Å²) in [5.41, 5.74) is 9.48. The lowest BCUT2D eigenvalue weighted by Gasteiger charge is -2.23. The van der Waals surface area contributed by atoms with Crippen molar-refractivity contribution in [2.75, 3.05) is 11.9 Å². The van der Waals surface area contributed by atoms with E-state index in [0.717, 1.165) is 28.3 Å². The quantitative estimate of drug-likeness (QED) is 0.0469. The van der Waals surface area contributed by atoms with Gasteiger partial charge in [-0.05, 0) is 103 Å². The maximum Gasteiger partial charge on any atom is 0.306 e. The summed E-state index contributed by atoms with van der Waals surface area (Å²) < 4.78 is 5.48. The maximum atomic E-state index is 13.1. The number of allylic oxidation sites excluding steroid dienone is 2. The van der Waals surface area contributed by atoms with Gasteiger partial charge in [-0.3, -0.25) is 14.6 Å². The van der Waals surface area contributed by atoms with Crippen LogP contribution in [0.2, 0.25) is 0 Å². The third kappa shape index (κ3) is 11.3. The number of esters is 1. The largest absolute Gasteiger partial charge is 0.461 e. The number of aromatic nitrogens is 1. The summed E-state index contributed by atoms with van der Waals surface area (Å²) >= 11 is 0. The average molecular weight is 694 g/mol. The van der Waals surface area contributed by atoms with Crippen LogP contribution in [0, 0.1) is 11.8 Å². The molecule has 1 heterocycles. The van der Waals surface area contributed by atoms with Gasteiger partial charge in [-0.25, -0.2) is 0 Å². The van der Waals surface area contributed by atoms with Gasteiger partial charge in [0, 0.05) is 36.4 Å². The predicted octanol–water partition coefficient (Wildman–Crippen LogP) is 6.21. The highest BCUT2D eigenvalue weighted by Crippen LogP contribution is 2.38. The molecule has 1 fully saturated rings. The Morgan fingerprint density at radius 3 is 2.49 bits per heavy atom. The number of amides is 1. The number of hydrogen-bond donors (Lipinski definition) is 5. The summed E-state index contributed by atoms with van der Waals surface area (Å²) in [6.07, 6.45) is 11.4. The number of nitrogens with zero attached hydrogens (tertiary/aromatic N) is 1. The van der Waals surface area contributed by atoms with Crippen LogP contribution in [0.25, 0.3) is 10.8 Å². The molecule has 0 bridgehead atoms. The number of carbonyl (C=O) groups is 2. The van der Waals surface area contributed by atoms with Crippen molar-refractivity contribution in [3.8, 4) is 0 Å². The Hall–Kier alpha value is -4.41. The summed E-state index contributed by atoms with van der Waals surface area (Å²) in [6, 6.07) is 25.0. The van der Waals surface area contributed by atoms with Gasteiger partial charge in [0.2, 0.25) is 5.91 Å². The van der Waals surface area contributed by atoms with Gasteiger partial charge in [0.15, 0.2) is 0 Å². The van der Waals surface area contributed by atoms with Crippen LogP contribution in [0.1, 0.15) is 74.0 Å². The zero-order valence-corrected chi connectivity index (χ0v) is 29.1. The van der Waals surface area contributed by atoms with Crippen LogP contribution < -0.4 is 11.1 Å². The Balaban J connectivity index is 0.983. The van der Waals surface area contributed by atoms with E-state index in [0.29, 0.717) is 50.6 Å². The van der Waals surface area contributed by atoms with Crippen molar-refractivity contribution in [1.29, 1.82) is 0 Å². The molecule has 1 amide bonds. The number of aliphatic hydroxyl groups is 3. The summed E-state index contributed by atoms with van der Waals surface area (Å²) in [4.78, 5) is 29.6. The first-order chi connectivity index (χ1) is 24.8. The van der Waals surface area contributed by atoms with Crippen molar-refractivity contribution in [3.05, 3.63) is 120 Å². The second kappa shape index (κ2) is 19.3. The molecule has 6 N–H and O–H groups in total. The number of pyridine rings is 1. The lowest BCUT2D eigenvalue weighted by molar-refractivity contribution is -0.145. The normalized spacial score (nSPS) is 20.0. The van der Waals surface area contributed by atoms with E-state index in [1.54, 1.807) is 12.4 Å². The number of nitrogens with one attached hydrogen (secondary N) is 1. The van der Waals surface area contributed by atoms with E-state index in [9.17, 15) is 24.9 Å². The van der Waals surface area contributed by atoms with E-state index in [1.165, 1.54) is 5.56 Å². The third-order valence-electron chi connectivity index (χ3n) is 10.0. The number of anilines is 1. The molecular weight excluding hydrogens is 642 g/mol. The zero-order chi connectivity index (χ0) is 36.0. The van der Waals surface area contributed by atoms with Gasteiger partial charge in [0.1, 0.15) is 6.61 Å². The molecule has 9 nitrogen and oxygen atoms in total. The molecule has 4 aromatic rings. The van der Waals surface area contributed by atoms with E-state index >= 15 is 0 Å². The molecule has 1 aliphatic rings. The number of benzene rings is 3. The lowest BCUT2D eigenvalue weighted by Crippen LogP contribution is -2.27. The Bertz CT molecular complexity index is 1710. The minimum Gasteiger partial charge on any atom is -0.461 e. The number of aliphatic hydroxyl groups excluding tert-OH is 3. The minimum absolute atomic E-state index is 0.0491. The Morgan fingerprint density at radius 2 is 1.71 bits per heavy atom. The number of nitrogens with two attached hydrogens (primary N) is 1. The van der Waals surface area contributed by atoms with Gasteiger partial charge < -0.3 is 31.1 Å². The van der Waals surface area contributed by atoms with Crippen molar-refractivity contribution >= 4 is 28.3 Å². The second-order valence-electron chi connectivity index (χ2n) is 13.7. The standard InChI is InChI=1S/C42H51N3O6/c43-26-38(42(50)45-34-18-17-33-27-44-23-22-32(33)24-34)31-15-12-30(13-16-31)28-51-41(49)11-7-2-1-6-10-36-37(40(48)25-39(36)47)21-20-35(46)19-14-29-8-4-3-5-9-29/h1,3-6,8-9,12-13,15-18,22-24,27,35-40,46-48H,2,7,10-11,14,19-21,25-26,28,43H2,(H,45,50)/t35-,36+,37+,38?,39-,40+/m0/s1. The van der Waals surface area contributed by atoms with E-state index in [4.69, 9.17) is 10.5 Å². The number of hydrogen-bond acceptors (Lipinski definition) is 8. The Labute approximate surface area is 300 Å². The monoisotopic (exact) mass is 693 g/mol. The Morgan fingerprint density at radius 1 is 0.922 bits per heavy atom. The molecule has 270 valence electrons. The molecule has 1 aliphatic carbocycles. The van der Waals surface area contributed by atoms with Gasteiger partial charge in [-0.1, -0.05) is 72.8 Å². The summed E-state index contributed by atoms with van der Waals surface area (Å²) in [6.45, 7) is 0.292. The molecule has 0 aliphatic heterocycles. The van der Waals surface area contributed by atoms with Crippen molar-refractivity contribution in [2.45, 2.75) is 88.6 Å². The van der Waals surface area contributed by atoms with Crippen LogP contribution in [0.15, 0.2) is 103 Å². The van der Waals surface area contributed by atoms with Crippen LogP contribution >= 0.6 is 0 Å². The van der Waals surface area contributed by atoms with Gasteiger partial charge in [0.05, 0.1) is 24.2 Å². The summed E-state index contributed by atoms with van der Waals surface area (Å²) in [5.74, 6) is -1.10. The fraction of sp³-hybridized carbons (Fsp3) is 0.405. The highest BCUT2D eigenvalue weighted by atomic mass is 16.5. The first kappa shape index (κ1) is 37.8. The molecule has 0 radical (unpaired) electrons. The topological polar surface area (TPSA) is 155 Å². The number of rotatable bonds is 18.